The first kappa shape index (κ1) is 19.5. The molecule has 4 aromatic carbocycles. The Morgan fingerprint density at radius 2 is 1.23 bits per heavy atom. The average molecular weight is 414 g/mol. The van der Waals surface area contributed by atoms with Crippen LogP contribution in [0.1, 0.15) is 0 Å². The molecule has 0 unspecified atom stereocenters. The fourth-order valence-electron chi connectivity index (χ4n) is 3.06. The van der Waals surface area contributed by atoms with Gasteiger partial charge in [-0.2, -0.15) is 0 Å². The molecule has 4 rings (SSSR count). The number of nitrogen functional groups attached to an aromatic ring is 2. The van der Waals surface area contributed by atoms with Gasteiger partial charge in [-0.05, 0) is 42.0 Å². The van der Waals surface area contributed by atoms with Crippen LogP contribution in [0.15, 0.2) is 91.0 Å². The van der Waals surface area contributed by atoms with E-state index in [0.29, 0.717) is 39.7 Å². The first-order valence-electron chi connectivity index (χ1n) is 9.26. The lowest BCUT2D eigenvalue weighted by Crippen LogP contribution is -2.04. The summed E-state index contributed by atoms with van der Waals surface area (Å²) in [6.45, 7) is 0. The zero-order valence-electron chi connectivity index (χ0n) is 16.0. The zero-order chi connectivity index (χ0) is 20.9. The number of nitrogens with two attached hydrogens (primary N) is 2. The van der Waals surface area contributed by atoms with Crippen molar-refractivity contribution in [1.82, 2.24) is 0 Å². The summed E-state index contributed by atoms with van der Waals surface area (Å²) in [4.78, 5) is 0. The van der Waals surface area contributed by atoms with Crippen molar-refractivity contribution in [2.75, 3.05) is 11.5 Å². The molecule has 0 atom stereocenters. The second-order valence-electron chi connectivity index (χ2n) is 6.60. The summed E-state index contributed by atoms with van der Waals surface area (Å²) >= 11 is 0. The fraction of sp³-hybridized carbons (Fsp3) is 0. The number of anilines is 2. The highest BCUT2D eigenvalue weighted by Crippen LogP contribution is 2.43. The molecule has 4 N–H and O–H groups in total. The van der Waals surface area contributed by atoms with Gasteiger partial charge in [0.1, 0.15) is 11.5 Å². The molecule has 0 bridgehead atoms. The van der Waals surface area contributed by atoms with E-state index in [4.69, 9.17) is 20.9 Å². The van der Waals surface area contributed by atoms with Crippen LogP contribution in [0.25, 0.3) is 11.1 Å². The van der Waals surface area contributed by atoms with E-state index in [1.54, 1.807) is 54.6 Å². The highest BCUT2D eigenvalue weighted by atomic mass is 31.1. The summed E-state index contributed by atoms with van der Waals surface area (Å²) in [5, 5.41) is 0.455. The Bertz CT molecular complexity index is 1200. The quantitative estimate of drug-likeness (QED) is 0.298. The first-order chi connectivity index (χ1) is 14.6. The van der Waals surface area contributed by atoms with Crippen LogP contribution in [0.3, 0.4) is 0 Å². The molecule has 0 spiro atoms. The maximum absolute atomic E-state index is 11.9. The monoisotopic (exact) mass is 414 g/mol. The van der Waals surface area contributed by atoms with Gasteiger partial charge in [-0.25, -0.2) is 0 Å². The SMILES string of the molecule is Nc1cccc(Oc2c(P=O)ccc(-c3ccccc3)c2Oc2cccc(N)c2)c1. The molecule has 0 radical (unpaired) electrons. The standard InChI is InChI=1S/C24H19N2O3P/c25-17-8-4-10-19(14-17)28-23-21(16-6-2-1-3-7-16)12-13-22(30-27)24(23)29-20-11-5-9-18(26)15-20/h1-15H,25-26H2. The largest absolute Gasteiger partial charge is 0.453 e. The maximum Gasteiger partial charge on any atom is 0.196 e. The molecule has 0 amide bonds. The Kier molecular flexibility index (Phi) is 5.64. The van der Waals surface area contributed by atoms with Gasteiger partial charge in [0.15, 0.2) is 20.0 Å². The summed E-state index contributed by atoms with van der Waals surface area (Å²) in [7, 11) is -0.192. The Morgan fingerprint density at radius 1 is 0.633 bits per heavy atom. The van der Waals surface area contributed by atoms with Crippen LogP contribution in [-0.4, -0.2) is 0 Å². The minimum atomic E-state index is -0.192. The van der Waals surface area contributed by atoms with Gasteiger partial charge in [0.2, 0.25) is 0 Å². The highest BCUT2D eigenvalue weighted by Gasteiger charge is 2.20. The van der Waals surface area contributed by atoms with E-state index in [0.717, 1.165) is 11.1 Å². The van der Waals surface area contributed by atoms with Crippen molar-refractivity contribution in [1.29, 1.82) is 0 Å². The molecule has 0 aliphatic heterocycles. The van der Waals surface area contributed by atoms with Gasteiger partial charge in [-0.3, -0.25) is 4.57 Å². The van der Waals surface area contributed by atoms with Crippen molar-refractivity contribution < 1.29 is 14.0 Å². The second kappa shape index (κ2) is 8.68. The molecule has 0 heterocycles. The molecular weight excluding hydrogens is 395 g/mol. The predicted octanol–water partition coefficient (Wildman–Crippen LogP) is 6.02. The van der Waals surface area contributed by atoms with E-state index in [1.165, 1.54) is 0 Å². The third-order valence-corrected chi connectivity index (χ3v) is 4.98. The van der Waals surface area contributed by atoms with Crippen molar-refractivity contribution in [3.8, 4) is 34.1 Å². The highest BCUT2D eigenvalue weighted by molar-refractivity contribution is 7.34. The van der Waals surface area contributed by atoms with Crippen LogP contribution in [0.4, 0.5) is 11.4 Å². The minimum absolute atomic E-state index is 0.192. The summed E-state index contributed by atoms with van der Waals surface area (Å²) in [5.74, 6) is 1.85. The molecule has 30 heavy (non-hydrogen) atoms. The summed E-state index contributed by atoms with van der Waals surface area (Å²) in [5.41, 5.74) is 14.7. The average Bonchev–Trinajstić information content (AvgIpc) is 2.75. The van der Waals surface area contributed by atoms with Gasteiger partial charge >= 0.3 is 0 Å². The van der Waals surface area contributed by atoms with Gasteiger partial charge in [-0.1, -0.05) is 42.5 Å². The third-order valence-electron chi connectivity index (χ3n) is 4.43. The van der Waals surface area contributed by atoms with Crippen molar-refractivity contribution >= 4 is 25.1 Å². The Labute approximate surface area is 176 Å². The van der Waals surface area contributed by atoms with Gasteiger partial charge in [0.25, 0.3) is 0 Å². The Morgan fingerprint density at radius 3 is 1.80 bits per heavy atom. The number of hydrogen-bond donors (Lipinski definition) is 2. The Balaban J connectivity index is 1.90. The molecule has 4 aromatic rings. The van der Waals surface area contributed by atoms with E-state index < -0.39 is 0 Å². The number of rotatable bonds is 6. The molecule has 0 fully saturated rings. The van der Waals surface area contributed by atoms with E-state index >= 15 is 0 Å². The van der Waals surface area contributed by atoms with Crippen LogP contribution in [0.2, 0.25) is 0 Å². The second-order valence-corrected chi connectivity index (χ2v) is 7.26. The molecule has 5 nitrogen and oxygen atoms in total. The molecule has 0 aliphatic rings. The van der Waals surface area contributed by atoms with Crippen LogP contribution in [0.5, 0.6) is 23.0 Å². The van der Waals surface area contributed by atoms with Gasteiger partial charge in [0, 0.05) is 29.1 Å². The lowest BCUT2D eigenvalue weighted by Gasteiger charge is -2.18. The van der Waals surface area contributed by atoms with Crippen LogP contribution in [-0.2, 0) is 4.57 Å². The lowest BCUT2D eigenvalue weighted by atomic mass is 10.0. The van der Waals surface area contributed by atoms with E-state index in [-0.39, 0.29) is 8.46 Å². The smallest absolute Gasteiger partial charge is 0.196 e. The first-order valence-corrected chi connectivity index (χ1v) is 10.1. The molecule has 0 aromatic heterocycles. The van der Waals surface area contributed by atoms with Gasteiger partial charge in [-0.15, -0.1) is 0 Å². The molecule has 6 heteroatoms. The molecule has 148 valence electrons. The van der Waals surface area contributed by atoms with Crippen LogP contribution < -0.4 is 26.2 Å². The molecule has 0 saturated heterocycles. The van der Waals surface area contributed by atoms with Crippen molar-refractivity contribution in [2.24, 2.45) is 0 Å². The summed E-state index contributed by atoms with van der Waals surface area (Å²) in [6.07, 6.45) is 0. The summed E-state index contributed by atoms with van der Waals surface area (Å²) < 4.78 is 24.3. The van der Waals surface area contributed by atoms with E-state index in [1.807, 2.05) is 36.4 Å². The van der Waals surface area contributed by atoms with Gasteiger partial charge in [0.05, 0.1) is 5.30 Å². The summed E-state index contributed by atoms with van der Waals surface area (Å²) in [6, 6.07) is 27.5. The van der Waals surface area contributed by atoms with Crippen molar-refractivity contribution in [2.45, 2.75) is 0 Å². The molecular formula is C24H19N2O3P. The topological polar surface area (TPSA) is 87.6 Å². The number of benzene rings is 4. The maximum atomic E-state index is 11.9. The zero-order valence-corrected chi connectivity index (χ0v) is 16.9. The predicted molar refractivity (Wildman–Crippen MR) is 121 cm³/mol. The molecule has 0 saturated carbocycles. The lowest BCUT2D eigenvalue weighted by molar-refractivity contribution is 0.423. The van der Waals surface area contributed by atoms with Crippen LogP contribution >= 0.6 is 8.46 Å². The van der Waals surface area contributed by atoms with Crippen molar-refractivity contribution in [3.05, 3.63) is 91.0 Å². The Hall–Kier alpha value is -3.82. The normalized spacial score (nSPS) is 10.7. The van der Waals surface area contributed by atoms with E-state index in [9.17, 15) is 4.57 Å². The third kappa shape index (κ3) is 4.27. The molecule has 0 aliphatic carbocycles. The number of hydrogen-bond acceptors (Lipinski definition) is 5. The fourth-order valence-corrected chi connectivity index (χ4v) is 3.43. The van der Waals surface area contributed by atoms with E-state index in [2.05, 4.69) is 0 Å². The van der Waals surface area contributed by atoms with Crippen molar-refractivity contribution in [3.63, 3.8) is 0 Å². The minimum Gasteiger partial charge on any atom is -0.453 e. The number of ether oxygens (including phenoxy) is 2. The van der Waals surface area contributed by atoms with Crippen LogP contribution in [0, 0.1) is 0 Å². The van der Waals surface area contributed by atoms with Gasteiger partial charge < -0.3 is 20.9 Å².